The lowest BCUT2D eigenvalue weighted by atomic mass is 10.1. The van der Waals surface area contributed by atoms with E-state index in [0.717, 1.165) is 49.6 Å². The maximum absolute atomic E-state index is 13.6. The second-order valence-electron chi connectivity index (χ2n) is 6.68. The topological polar surface area (TPSA) is 96.0 Å². The van der Waals surface area contributed by atoms with Gasteiger partial charge >= 0.3 is 0 Å². The van der Waals surface area contributed by atoms with E-state index in [1.165, 1.54) is 12.4 Å². The Morgan fingerprint density at radius 3 is 2.60 bits per heavy atom. The number of halogens is 1. The Bertz CT molecular complexity index is 1520. The van der Waals surface area contributed by atoms with Gasteiger partial charge in [0.1, 0.15) is 11.8 Å². The standard InChI is InChI=1S/C21H12FN7S/c22-17-7-6-16(30-17)12-2-1-3-14-18(12)27-21(26-14)20-19-15(28-29-20)5-4-13(25-19)11-8-23-10-24-9-11/h1-10H,(H,26,27)(H,28,29). The third kappa shape index (κ3) is 2.67. The number of aromatic amines is 2. The average Bonchev–Trinajstić information content (AvgIpc) is 3.51. The van der Waals surface area contributed by atoms with E-state index in [4.69, 9.17) is 9.97 Å². The number of hydrogen-bond acceptors (Lipinski definition) is 6. The highest BCUT2D eigenvalue weighted by molar-refractivity contribution is 7.14. The van der Waals surface area contributed by atoms with E-state index < -0.39 is 0 Å². The smallest absolute Gasteiger partial charge is 0.176 e. The second kappa shape index (κ2) is 6.53. The Balaban J connectivity index is 1.52. The predicted molar refractivity (Wildman–Crippen MR) is 113 cm³/mol. The molecule has 9 heteroatoms. The maximum atomic E-state index is 13.6. The highest BCUT2D eigenvalue weighted by Gasteiger charge is 2.17. The summed E-state index contributed by atoms with van der Waals surface area (Å²) < 4.78 is 13.6. The summed E-state index contributed by atoms with van der Waals surface area (Å²) >= 11 is 1.10. The van der Waals surface area contributed by atoms with Gasteiger partial charge in [-0.3, -0.25) is 5.10 Å². The van der Waals surface area contributed by atoms with Crippen molar-refractivity contribution in [1.29, 1.82) is 0 Å². The highest BCUT2D eigenvalue weighted by Crippen LogP contribution is 2.34. The van der Waals surface area contributed by atoms with Gasteiger partial charge in [0.25, 0.3) is 0 Å². The highest BCUT2D eigenvalue weighted by atomic mass is 32.1. The number of hydrogen-bond donors (Lipinski definition) is 2. The number of aromatic nitrogens is 7. The first-order valence-electron chi connectivity index (χ1n) is 9.11. The molecule has 0 atom stereocenters. The van der Waals surface area contributed by atoms with Crippen molar-refractivity contribution < 1.29 is 4.39 Å². The molecule has 6 rings (SSSR count). The number of para-hydroxylation sites is 1. The van der Waals surface area contributed by atoms with Gasteiger partial charge in [-0.1, -0.05) is 12.1 Å². The van der Waals surface area contributed by atoms with E-state index in [0.29, 0.717) is 17.0 Å². The first kappa shape index (κ1) is 16.9. The van der Waals surface area contributed by atoms with Crippen LogP contribution in [0.5, 0.6) is 0 Å². The number of fused-ring (bicyclic) bond motifs is 2. The summed E-state index contributed by atoms with van der Waals surface area (Å²) in [6.07, 6.45) is 4.92. The van der Waals surface area contributed by atoms with Crippen molar-refractivity contribution in [3.05, 3.63) is 66.3 Å². The number of benzene rings is 1. The zero-order valence-corrected chi connectivity index (χ0v) is 16.1. The molecule has 0 aliphatic carbocycles. The fraction of sp³-hybridized carbons (Fsp3) is 0. The molecule has 5 heterocycles. The number of pyridine rings is 1. The van der Waals surface area contributed by atoms with Crippen LogP contribution in [0, 0.1) is 5.13 Å². The third-order valence-corrected chi connectivity index (χ3v) is 5.75. The van der Waals surface area contributed by atoms with Crippen LogP contribution >= 0.6 is 11.3 Å². The number of nitrogens with zero attached hydrogens (tertiary/aromatic N) is 5. The minimum absolute atomic E-state index is 0.224. The first-order valence-corrected chi connectivity index (χ1v) is 9.93. The average molecular weight is 413 g/mol. The Labute approximate surface area is 172 Å². The summed E-state index contributed by atoms with van der Waals surface area (Å²) in [7, 11) is 0. The molecule has 30 heavy (non-hydrogen) atoms. The normalized spacial score (nSPS) is 11.5. The lowest BCUT2D eigenvalue weighted by Gasteiger charge is -2.00. The zero-order valence-electron chi connectivity index (χ0n) is 15.3. The van der Waals surface area contributed by atoms with Gasteiger partial charge in [0.05, 0.1) is 22.2 Å². The van der Waals surface area contributed by atoms with Gasteiger partial charge in [0.15, 0.2) is 16.6 Å². The molecule has 0 aliphatic heterocycles. The summed E-state index contributed by atoms with van der Waals surface area (Å²) in [4.78, 5) is 21.8. The van der Waals surface area contributed by atoms with Crippen molar-refractivity contribution in [2.75, 3.05) is 0 Å². The number of nitrogens with one attached hydrogen (secondary N) is 2. The van der Waals surface area contributed by atoms with Crippen LogP contribution in [-0.2, 0) is 0 Å². The van der Waals surface area contributed by atoms with Crippen LogP contribution in [0.3, 0.4) is 0 Å². The lowest BCUT2D eigenvalue weighted by molar-refractivity contribution is 0.657. The molecule has 0 fully saturated rings. The van der Waals surface area contributed by atoms with E-state index in [-0.39, 0.29) is 5.13 Å². The number of imidazole rings is 1. The molecule has 144 valence electrons. The van der Waals surface area contributed by atoms with Crippen LogP contribution in [0.25, 0.3) is 55.3 Å². The molecule has 2 N–H and O–H groups in total. The van der Waals surface area contributed by atoms with Crippen molar-refractivity contribution >= 4 is 33.4 Å². The van der Waals surface area contributed by atoms with Gasteiger partial charge in [0.2, 0.25) is 0 Å². The molecule has 0 amide bonds. The van der Waals surface area contributed by atoms with Crippen molar-refractivity contribution in [1.82, 2.24) is 35.1 Å². The summed E-state index contributed by atoms with van der Waals surface area (Å²) in [6.45, 7) is 0. The lowest BCUT2D eigenvalue weighted by Crippen LogP contribution is -1.88. The van der Waals surface area contributed by atoms with Crippen molar-refractivity contribution in [3.63, 3.8) is 0 Å². The molecule has 0 spiro atoms. The van der Waals surface area contributed by atoms with Crippen LogP contribution in [0.1, 0.15) is 0 Å². The van der Waals surface area contributed by atoms with Crippen LogP contribution in [-0.4, -0.2) is 35.1 Å². The molecule has 0 radical (unpaired) electrons. The van der Waals surface area contributed by atoms with Gasteiger partial charge in [-0.15, -0.1) is 11.3 Å². The fourth-order valence-corrected chi connectivity index (χ4v) is 4.22. The molecule has 0 aliphatic rings. The molecule has 1 aromatic carbocycles. The molecule has 0 saturated heterocycles. The largest absolute Gasteiger partial charge is 0.336 e. The summed E-state index contributed by atoms with van der Waals surface area (Å²) in [5.41, 5.74) is 6.15. The molecule has 0 bridgehead atoms. The molecule has 6 aromatic rings. The molecule has 5 aromatic heterocycles. The summed E-state index contributed by atoms with van der Waals surface area (Å²) in [5, 5.41) is 7.22. The summed E-state index contributed by atoms with van der Waals surface area (Å²) in [6, 6.07) is 12.8. The monoisotopic (exact) mass is 413 g/mol. The van der Waals surface area contributed by atoms with Crippen LogP contribution in [0.4, 0.5) is 4.39 Å². The number of thiophene rings is 1. The van der Waals surface area contributed by atoms with E-state index in [9.17, 15) is 4.39 Å². The molecule has 0 unspecified atom stereocenters. The van der Waals surface area contributed by atoms with Crippen LogP contribution in [0.2, 0.25) is 0 Å². The Hall–Kier alpha value is -3.98. The Morgan fingerprint density at radius 2 is 1.77 bits per heavy atom. The summed E-state index contributed by atoms with van der Waals surface area (Å²) in [5.74, 6) is 0.592. The van der Waals surface area contributed by atoms with Gasteiger partial charge in [0, 0.05) is 28.4 Å². The number of rotatable bonds is 3. The minimum Gasteiger partial charge on any atom is -0.336 e. The van der Waals surface area contributed by atoms with Gasteiger partial charge in [-0.05, 0) is 30.3 Å². The predicted octanol–water partition coefficient (Wildman–Crippen LogP) is 4.83. The minimum atomic E-state index is -0.224. The van der Waals surface area contributed by atoms with Gasteiger partial charge in [-0.2, -0.15) is 9.49 Å². The van der Waals surface area contributed by atoms with E-state index in [2.05, 4.69) is 25.1 Å². The Morgan fingerprint density at radius 1 is 0.867 bits per heavy atom. The second-order valence-corrected chi connectivity index (χ2v) is 7.72. The Kier molecular flexibility index (Phi) is 3.68. The molecule has 7 nitrogen and oxygen atoms in total. The van der Waals surface area contributed by atoms with Crippen molar-refractivity contribution in [2.24, 2.45) is 0 Å². The zero-order chi connectivity index (χ0) is 20.1. The van der Waals surface area contributed by atoms with E-state index >= 15 is 0 Å². The van der Waals surface area contributed by atoms with Crippen LogP contribution < -0.4 is 0 Å². The van der Waals surface area contributed by atoms with Gasteiger partial charge < -0.3 is 4.98 Å². The molecular formula is C21H12FN7S. The fourth-order valence-electron chi connectivity index (χ4n) is 3.46. The van der Waals surface area contributed by atoms with E-state index in [1.807, 2.05) is 30.3 Å². The van der Waals surface area contributed by atoms with Gasteiger partial charge in [-0.25, -0.2) is 19.9 Å². The third-order valence-electron chi connectivity index (χ3n) is 4.84. The van der Waals surface area contributed by atoms with E-state index in [1.54, 1.807) is 18.5 Å². The number of H-pyrrole nitrogens is 2. The molecular weight excluding hydrogens is 401 g/mol. The van der Waals surface area contributed by atoms with Crippen LogP contribution in [0.15, 0.2) is 61.2 Å². The SMILES string of the molecule is Fc1ccc(-c2cccc3[nH]c(-c4n[nH]c5ccc(-c6cncnc6)nc45)nc23)s1. The first-order chi connectivity index (χ1) is 14.8. The quantitative estimate of drug-likeness (QED) is 0.433. The maximum Gasteiger partial charge on any atom is 0.176 e. The van der Waals surface area contributed by atoms with Crippen molar-refractivity contribution in [3.8, 4) is 33.2 Å². The molecule has 0 saturated carbocycles. The van der Waals surface area contributed by atoms with Crippen molar-refractivity contribution in [2.45, 2.75) is 0 Å².